The molecule has 144 valence electrons. The largest absolute Gasteiger partial charge is 0.449 e. The third kappa shape index (κ3) is 3.45. The van der Waals surface area contributed by atoms with Crippen molar-refractivity contribution in [3.63, 3.8) is 0 Å². The lowest BCUT2D eigenvalue weighted by molar-refractivity contribution is 0.0313. The van der Waals surface area contributed by atoms with Crippen LogP contribution in [0.5, 0.6) is 0 Å². The van der Waals surface area contributed by atoms with Gasteiger partial charge in [-0.1, -0.05) is 24.3 Å². The number of Topliss-reactive ketones (excluding diaryl/α,β-unsaturated/α-hetero) is 1. The minimum Gasteiger partial charge on any atom is -0.449 e. The Labute approximate surface area is 162 Å². The molecular formula is C22H22N2O4. The molecule has 6 heteroatoms. The molecule has 3 aromatic rings. The number of nitrogens with zero attached hydrogens (tertiary/aromatic N) is 2. The molecule has 0 unspecified atom stereocenters. The van der Waals surface area contributed by atoms with E-state index < -0.39 is 12.1 Å². The SMILES string of the molecule is Cc1cc(C)c(C(=O)[C@@H](C)OC(=O)c2nn(C)c(=O)c3ccccc23)cc1C. The van der Waals surface area contributed by atoms with E-state index in [0.29, 0.717) is 16.3 Å². The molecule has 0 aliphatic heterocycles. The number of carbonyl (C=O) groups is 2. The highest BCUT2D eigenvalue weighted by Crippen LogP contribution is 2.19. The quantitative estimate of drug-likeness (QED) is 0.514. The Morgan fingerprint density at radius 2 is 1.61 bits per heavy atom. The number of benzene rings is 2. The van der Waals surface area contributed by atoms with E-state index in [1.807, 2.05) is 32.9 Å². The Balaban J connectivity index is 1.93. The van der Waals surface area contributed by atoms with Crippen molar-refractivity contribution in [2.45, 2.75) is 33.8 Å². The lowest BCUT2D eigenvalue weighted by Gasteiger charge is -2.15. The van der Waals surface area contributed by atoms with Crippen LogP contribution in [0.4, 0.5) is 0 Å². The standard InChI is InChI=1S/C22H22N2O4/c1-12-10-14(3)18(11-13(12)2)20(25)15(4)28-22(27)19-16-8-6-7-9-17(16)21(26)24(5)23-19/h6-11,15H,1-5H3/t15-/m1/s1. The van der Waals surface area contributed by atoms with E-state index in [1.165, 1.54) is 7.05 Å². The molecule has 1 aromatic heterocycles. The highest BCUT2D eigenvalue weighted by atomic mass is 16.5. The van der Waals surface area contributed by atoms with Crippen molar-refractivity contribution in [2.75, 3.05) is 0 Å². The summed E-state index contributed by atoms with van der Waals surface area (Å²) < 4.78 is 6.51. The van der Waals surface area contributed by atoms with Crippen LogP contribution in [0, 0.1) is 20.8 Å². The zero-order chi connectivity index (χ0) is 20.6. The van der Waals surface area contributed by atoms with E-state index in [2.05, 4.69) is 5.10 Å². The molecule has 1 atom stereocenters. The van der Waals surface area contributed by atoms with Gasteiger partial charge in [0.1, 0.15) is 0 Å². The monoisotopic (exact) mass is 378 g/mol. The highest BCUT2D eigenvalue weighted by Gasteiger charge is 2.25. The zero-order valence-electron chi connectivity index (χ0n) is 16.6. The molecular weight excluding hydrogens is 356 g/mol. The smallest absolute Gasteiger partial charge is 0.360 e. The average Bonchev–Trinajstić information content (AvgIpc) is 2.66. The molecule has 0 radical (unpaired) electrons. The van der Waals surface area contributed by atoms with Gasteiger partial charge >= 0.3 is 5.97 Å². The molecule has 28 heavy (non-hydrogen) atoms. The first-order valence-electron chi connectivity index (χ1n) is 8.99. The summed E-state index contributed by atoms with van der Waals surface area (Å²) >= 11 is 0. The maximum Gasteiger partial charge on any atom is 0.360 e. The van der Waals surface area contributed by atoms with Gasteiger partial charge in [0.25, 0.3) is 5.56 Å². The number of aryl methyl sites for hydroxylation is 4. The minimum absolute atomic E-state index is 0.00848. The van der Waals surface area contributed by atoms with Crippen molar-refractivity contribution in [1.82, 2.24) is 9.78 Å². The van der Waals surface area contributed by atoms with Gasteiger partial charge < -0.3 is 4.74 Å². The summed E-state index contributed by atoms with van der Waals surface area (Å²) in [4.78, 5) is 37.8. The second kappa shape index (κ2) is 7.38. The Morgan fingerprint density at radius 1 is 1.00 bits per heavy atom. The van der Waals surface area contributed by atoms with E-state index in [1.54, 1.807) is 31.2 Å². The summed E-state index contributed by atoms with van der Waals surface area (Å²) in [5, 5.41) is 4.82. The second-order valence-electron chi connectivity index (χ2n) is 6.99. The van der Waals surface area contributed by atoms with Crippen molar-refractivity contribution in [3.8, 4) is 0 Å². The predicted octanol–water partition coefficient (Wildman–Crippen LogP) is 3.29. The fourth-order valence-electron chi connectivity index (χ4n) is 3.17. The lowest BCUT2D eigenvalue weighted by atomic mass is 9.96. The molecule has 1 heterocycles. The molecule has 0 aliphatic carbocycles. The first-order valence-corrected chi connectivity index (χ1v) is 8.99. The van der Waals surface area contributed by atoms with Gasteiger partial charge in [0.2, 0.25) is 5.78 Å². The number of ketones is 1. The number of fused-ring (bicyclic) bond motifs is 1. The number of hydrogen-bond acceptors (Lipinski definition) is 5. The lowest BCUT2D eigenvalue weighted by Crippen LogP contribution is -2.28. The molecule has 0 saturated heterocycles. The molecule has 0 saturated carbocycles. The number of ether oxygens (including phenoxy) is 1. The third-order valence-corrected chi connectivity index (χ3v) is 4.91. The molecule has 0 amide bonds. The summed E-state index contributed by atoms with van der Waals surface area (Å²) in [5.74, 6) is -1.02. The van der Waals surface area contributed by atoms with Crippen LogP contribution >= 0.6 is 0 Å². The van der Waals surface area contributed by atoms with Gasteiger partial charge in [0.05, 0.1) is 5.39 Å². The van der Waals surface area contributed by atoms with E-state index >= 15 is 0 Å². The van der Waals surface area contributed by atoms with E-state index in [4.69, 9.17) is 4.74 Å². The summed E-state index contributed by atoms with van der Waals surface area (Å²) in [5.41, 5.74) is 3.16. The molecule has 0 N–H and O–H groups in total. The first kappa shape index (κ1) is 19.5. The van der Waals surface area contributed by atoms with Crippen LogP contribution in [0.3, 0.4) is 0 Å². The molecule has 0 spiro atoms. The zero-order valence-corrected chi connectivity index (χ0v) is 16.6. The van der Waals surface area contributed by atoms with E-state index in [0.717, 1.165) is 21.4 Å². The van der Waals surface area contributed by atoms with Gasteiger partial charge in [0.15, 0.2) is 11.8 Å². The van der Waals surface area contributed by atoms with Crippen LogP contribution in [-0.4, -0.2) is 27.6 Å². The van der Waals surface area contributed by atoms with Crippen molar-refractivity contribution >= 4 is 22.5 Å². The van der Waals surface area contributed by atoms with Gasteiger partial charge in [-0.25, -0.2) is 9.48 Å². The topological polar surface area (TPSA) is 78.3 Å². The molecule has 6 nitrogen and oxygen atoms in total. The number of hydrogen-bond donors (Lipinski definition) is 0. The first-order chi connectivity index (χ1) is 13.2. The van der Waals surface area contributed by atoms with Gasteiger partial charge in [-0.2, -0.15) is 5.10 Å². The van der Waals surface area contributed by atoms with Crippen molar-refractivity contribution in [1.29, 1.82) is 0 Å². The van der Waals surface area contributed by atoms with Crippen molar-refractivity contribution in [2.24, 2.45) is 7.05 Å². The second-order valence-corrected chi connectivity index (χ2v) is 6.99. The van der Waals surface area contributed by atoms with E-state index in [9.17, 15) is 14.4 Å². The number of rotatable bonds is 4. The van der Waals surface area contributed by atoms with Crippen LogP contribution in [0.15, 0.2) is 41.2 Å². The number of aromatic nitrogens is 2. The van der Waals surface area contributed by atoms with Gasteiger partial charge in [-0.3, -0.25) is 9.59 Å². The summed E-state index contributed by atoms with van der Waals surface area (Å²) in [6.07, 6.45) is -0.980. The van der Waals surface area contributed by atoms with Crippen LogP contribution < -0.4 is 5.56 Å². The predicted molar refractivity (Wildman–Crippen MR) is 107 cm³/mol. The Bertz CT molecular complexity index is 1160. The molecule has 0 fully saturated rings. The van der Waals surface area contributed by atoms with Gasteiger partial charge in [-0.05, 0) is 56.5 Å². The van der Waals surface area contributed by atoms with Gasteiger partial charge in [-0.15, -0.1) is 0 Å². The van der Waals surface area contributed by atoms with Crippen LogP contribution in [0.2, 0.25) is 0 Å². The molecule has 0 bridgehead atoms. The Morgan fingerprint density at radius 3 is 2.29 bits per heavy atom. The Kier molecular flexibility index (Phi) is 5.14. The molecule has 2 aromatic carbocycles. The van der Waals surface area contributed by atoms with Crippen molar-refractivity contribution in [3.05, 3.63) is 74.7 Å². The maximum absolute atomic E-state index is 12.8. The van der Waals surface area contributed by atoms with Gasteiger partial charge in [0, 0.05) is 18.0 Å². The number of esters is 1. The molecule has 3 rings (SSSR count). The minimum atomic E-state index is -0.980. The number of carbonyl (C=O) groups excluding carboxylic acids is 2. The Hall–Kier alpha value is -3.28. The third-order valence-electron chi connectivity index (χ3n) is 4.91. The summed E-state index contributed by atoms with van der Waals surface area (Å²) in [6.45, 7) is 7.31. The molecule has 0 aliphatic rings. The summed E-state index contributed by atoms with van der Waals surface area (Å²) in [6, 6.07) is 10.5. The normalized spacial score (nSPS) is 12.0. The summed E-state index contributed by atoms with van der Waals surface area (Å²) in [7, 11) is 1.47. The van der Waals surface area contributed by atoms with E-state index in [-0.39, 0.29) is 17.0 Å². The van der Waals surface area contributed by atoms with Crippen LogP contribution in [0.1, 0.15) is 44.5 Å². The fourth-order valence-corrected chi connectivity index (χ4v) is 3.17. The van der Waals surface area contributed by atoms with Crippen LogP contribution in [0.25, 0.3) is 10.8 Å². The highest BCUT2D eigenvalue weighted by molar-refractivity contribution is 6.05. The van der Waals surface area contributed by atoms with Crippen molar-refractivity contribution < 1.29 is 14.3 Å². The van der Waals surface area contributed by atoms with Crippen LogP contribution in [-0.2, 0) is 11.8 Å². The maximum atomic E-state index is 12.8. The fraction of sp³-hybridized carbons (Fsp3) is 0.273. The average molecular weight is 378 g/mol.